The number of nitrogens with one attached hydrogen (secondary N) is 1. The van der Waals surface area contributed by atoms with Crippen LogP contribution in [0.3, 0.4) is 0 Å². The number of nitrogens with zero attached hydrogens (tertiary/aromatic N) is 5. The van der Waals surface area contributed by atoms with Gasteiger partial charge < -0.3 is 10.0 Å². The van der Waals surface area contributed by atoms with Gasteiger partial charge in [-0.3, -0.25) is 9.78 Å². The molecule has 0 bridgehead atoms. The van der Waals surface area contributed by atoms with Crippen molar-refractivity contribution in [3.8, 4) is 0 Å². The van der Waals surface area contributed by atoms with E-state index in [2.05, 4.69) is 25.6 Å². The third-order valence-corrected chi connectivity index (χ3v) is 5.07. The number of aromatic nitrogens is 5. The third kappa shape index (κ3) is 5.09. The molecular weight excluding hydrogens is 344 g/mol. The molecule has 2 N–H and O–H groups in total. The molecule has 0 unspecified atom stereocenters. The molecule has 146 valence electrons. The van der Waals surface area contributed by atoms with Crippen LogP contribution in [-0.4, -0.2) is 42.7 Å². The highest BCUT2D eigenvalue weighted by atomic mass is 16.3. The number of carbonyl (C=O) groups excluding carboxylic acids is 1. The van der Waals surface area contributed by atoms with Crippen LogP contribution in [0.5, 0.6) is 0 Å². The maximum Gasteiger partial charge on any atom is 0.227 e. The van der Waals surface area contributed by atoms with Crippen molar-refractivity contribution in [2.45, 2.75) is 76.9 Å². The summed E-state index contributed by atoms with van der Waals surface area (Å²) >= 11 is 0. The van der Waals surface area contributed by atoms with Crippen LogP contribution in [0.25, 0.3) is 0 Å². The molecular formula is C19H28N6O2. The number of pyridine rings is 1. The Hall–Kier alpha value is -2.35. The Kier molecular flexibility index (Phi) is 6.15. The predicted molar refractivity (Wildman–Crippen MR) is 101 cm³/mol. The molecule has 1 fully saturated rings. The lowest BCUT2D eigenvalue weighted by Gasteiger charge is -2.25. The number of anilines is 1. The van der Waals surface area contributed by atoms with Crippen molar-refractivity contribution < 1.29 is 9.90 Å². The second kappa shape index (κ2) is 8.56. The first-order chi connectivity index (χ1) is 12.9. The van der Waals surface area contributed by atoms with Gasteiger partial charge in [-0.1, -0.05) is 19.3 Å². The van der Waals surface area contributed by atoms with Crippen molar-refractivity contribution >= 4 is 11.6 Å². The van der Waals surface area contributed by atoms with Gasteiger partial charge in [0.15, 0.2) is 0 Å². The molecule has 1 saturated heterocycles. The number of aromatic amines is 1. The van der Waals surface area contributed by atoms with Gasteiger partial charge in [-0.2, -0.15) is 0 Å². The molecule has 3 rings (SSSR count). The van der Waals surface area contributed by atoms with Gasteiger partial charge in [-0.05, 0) is 55.7 Å². The lowest BCUT2D eigenvalue weighted by Crippen LogP contribution is -2.33. The van der Waals surface area contributed by atoms with Crippen LogP contribution in [0.15, 0.2) is 18.3 Å². The molecule has 8 nitrogen and oxygen atoms in total. The molecule has 0 saturated carbocycles. The van der Waals surface area contributed by atoms with Crippen LogP contribution in [0.1, 0.15) is 70.3 Å². The molecule has 1 aliphatic heterocycles. The molecule has 1 aliphatic rings. The highest BCUT2D eigenvalue weighted by Crippen LogP contribution is 2.30. The number of H-pyrrole nitrogens is 1. The number of aliphatic hydroxyl groups is 1. The molecule has 0 aliphatic carbocycles. The molecule has 2 aromatic rings. The summed E-state index contributed by atoms with van der Waals surface area (Å²) in [6.07, 6.45) is 9.49. The zero-order chi connectivity index (χ0) is 19.3. The summed E-state index contributed by atoms with van der Waals surface area (Å²) < 4.78 is 0. The molecule has 1 amide bonds. The first-order valence-electron chi connectivity index (χ1n) is 9.69. The summed E-state index contributed by atoms with van der Waals surface area (Å²) in [7, 11) is 0. The Balaban J connectivity index is 1.47. The summed E-state index contributed by atoms with van der Waals surface area (Å²) in [5.74, 6) is 1.00. The normalized spacial score (nSPS) is 17.7. The number of hydrogen-bond donors (Lipinski definition) is 2. The monoisotopic (exact) mass is 372 g/mol. The smallest absolute Gasteiger partial charge is 0.227 e. The van der Waals surface area contributed by atoms with E-state index in [0.717, 1.165) is 56.5 Å². The van der Waals surface area contributed by atoms with Crippen LogP contribution >= 0.6 is 0 Å². The average Bonchev–Trinajstić information content (AvgIpc) is 3.27. The highest BCUT2D eigenvalue weighted by Gasteiger charge is 2.32. The summed E-state index contributed by atoms with van der Waals surface area (Å²) in [6, 6.07) is 3.93. The van der Waals surface area contributed by atoms with Crippen LogP contribution in [0, 0.1) is 0 Å². The van der Waals surface area contributed by atoms with Crippen molar-refractivity contribution in [1.82, 2.24) is 25.6 Å². The maximum absolute atomic E-state index is 12.4. The topological polar surface area (TPSA) is 108 Å². The van der Waals surface area contributed by atoms with Crippen molar-refractivity contribution in [3.63, 3.8) is 0 Å². The molecule has 3 heterocycles. The van der Waals surface area contributed by atoms with E-state index >= 15 is 0 Å². The van der Waals surface area contributed by atoms with Gasteiger partial charge in [-0.25, -0.2) is 5.10 Å². The second-order valence-electron chi connectivity index (χ2n) is 7.72. The van der Waals surface area contributed by atoms with Gasteiger partial charge >= 0.3 is 0 Å². The molecule has 8 heteroatoms. The number of tetrazole rings is 1. The third-order valence-electron chi connectivity index (χ3n) is 5.07. The van der Waals surface area contributed by atoms with Crippen molar-refractivity contribution in [2.75, 3.05) is 4.90 Å². The summed E-state index contributed by atoms with van der Waals surface area (Å²) in [5, 5.41) is 23.9. The number of carbonyl (C=O) groups is 1. The second-order valence-corrected chi connectivity index (χ2v) is 7.72. The van der Waals surface area contributed by atoms with Gasteiger partial charge in [0, 0.05) is 18.9 Å². The van der Waals surface area contributed by atoms with E-state index in [0.29, 0.717) is 12.1 Å². The molecule has 0 radical (unpaired) electrons. The number of amides is 1. The van der Waals surface area contributed by atoms with Crippen LogP contribution < -0.4 is 4.90 Å². The van der Waals surface area contributed by atoms with E-state index in [1.807, 2.05) is 11.0 Å². The standard InChI is InChI=1S/C19H28N6O2/c1-19(2,27)16-11-9-15(13-20-16)25-14(10-12-18(25)26)7-5-3-4-6-8-17-21-23-24-22-17/h9,11,13-14,27H,3-8,10,12H2,1-2H3,(H,21,22,23,24)/t14-/m0/s1. The lowest BCUT2D eigenvalue weighted by atomic mass is 10.0. The molecule has 2 aromatic heterocycles. The average molecular weight is 372 g/mol. The van der Waals surface area contributed by atoms with E-state index in [1.165, 1.54) is 0 Å². The highest BCUT2D eigenvalue weighted by molar-refractivity contribution is 5.96. The number of hydrogen-bond acceptors (Lipinski definition) is 6. The Bertz CT molecular complexity index is 724. The van der Waals surface area contributed by atoms with E-state index in [-0.39, 0.29) is 11.9 Å². The van der Waals surface area contributed by atoms with Gasteiger partial charge in [0.1, 0.15) is 11.4 Å². The predicted octanol–water partition coefficient (Wildman–Crippen LogP) is 2.51. The maximum atomic E-state index is 12.4. The van der Waals surface area contributed by atoms with E-state index < -0.39 is 5.60 Å². The summed E-state index contributed by atoms with van der Waals surface area (Å²) in [4.78, 5) is 18.6. The number of aryl methyl sites for hydroxylation is 1. The molecule has 1 atom stereocenters. The first-order valence-corrected chi connectivity index (χ1v) is 9.69. The van der Waals surface area contributed by atoms with Crippen molar-refractivity contribution in [3.05, 3.63) is 29.8 Å². The van der Waals surface area contributed by atoms with Crippen LogP contribution in [0.2, 0.25) is 0 Å². The van der Waals surface area contributed by atoms with Crippen molar-refractivity contribution in [2.24, 2.45) is 0 Å². The summed E-state index contributed by atoms with van der Waals surface area (Å²) in [6.45, 7) is 3.41. The Morgan fingerprint density at radius 1 is 1.26 bits per heavy atom. The minimum Gasteiger partial charge on any atom is -0.384 e. The fourth-order valence-electron chi connectivity index (χ4n) is 3.57. The van der Waals surface area contributed by atoms with E-state index in [9.17, 15) is 9.90 Å². The van der Waals surface area contributed by atoms with Gasteiger partial charge in [-0.15, -0.1) is 5.10 Å². The first kappa shape index (κ1) is 19.4. The molecule has 0 spiro atoms. The fourth-order valence-corrected chi connectivity index (χ4v) is 3.57. The minimum absolute atomic E-state index is 0.163. The molecule has 0 aromatic carbocycles. The Morgan fingerprint density at radius 3 is 2.74 bits per heavy atom. The quantitative estimate of drug-likeness (QED) is 0.655. The van der Waals surface area contributed by atoms with Gasteiger partial charge in [0.25, 0.3) is 0 Å². The minimum atomic E-state index is -0.977. The van der Waals surface area contributed by atoms with Gasteiger partial charge in [0.2, 0.25) is 5.91 Å². The van der Waals surface area contributed by atoms with E-state index in [1.54, 1.807) is 26.1 Å². The SMILES string of the molecule is CC(C)(O)c1ccc(N2C(=O)CC[C@@H]2CCCCCCc2nnn[nH]2)cn1. The Labute approximate surface area is 159 Å². The van der Waals surface area contributed by atoms with E-state index in [4.69, 9.17) is 0 Å². The zero-order valence-electron chi connectivity index (χ0n) is 16.1. The summed E-state index contributed by atoms with van der Waals surface area (Å²) in [5.41, 5.74) is 0.457. The Morgan fingerprint density at radius 2 is 2.07 bits per heavy atom. The number of rotatable bonds is 9. The zero-order valence-corrected chi connectivity index (χ0v) is 16.1. The fraction of sp³-hybridized carbons (Fsp3) is 0.632. The largest absolute Gasteiger partial charge is 0.384 e. The van der Waals surface area contributed by atoms with Crippen LogP contribution in [0.4, 0.5) is 5.69 Å². The number of unbranched alkanes of at least 4 members (excludes halogenated alkanes) is 3. The molecule has 27 heavy (non-hydrogen) atoms. The van der Waals surface area contributed by atoms with Crippen LogP contribution in [-0.2, 0) is 16.8 Å². The van der Waals surface area contributed by atoms with Gasteiger partial charge in [0.05, 0.1) is 17.6 Å². The van der Waals surface area contributed by atoms with Crippen molar-refractivity contribution in [1.29, 1.82) is 0 Å². The lowest BCUT2D eigenvalue weighted by molar-refractivity contribution is -0.117.